The minimum atomic E-state index is -0.223. The largest absolute Gasteiger partial charge is 0.482 e. The maximum absolute atomic E-state index is 11.7. The number of carbonyl (C=O) groups excluding carboxylic acids is 1. The molecule has 0 fully saturated rings. The van der Waals surface area contributed by atoms with Gasteiger partial charge in [0.2, 0.25) is 11.7 Å². The summed E-state index contributed by atoms with van der Waals surface area (Å²) in [5.74, 6) is 1.79. The van der Waals surface area contributed by atoms with Crippen molar-refractivity contribution >= 4 is 5.78 Å². The first-order valence-electron chi connectivity index (χ1n) is 6.73. The fourth-order valence-electron chi connectivity index (χ4n) is 2.15. The van der Waals surface area contributed by atoms with Gasteiger partial charge in [0.15, 0.2) is 6.10 Å². The van der Waals surface area contributed by atoms with Gasteiger partial charge in [-0.15, -0.1) is 0 Å². The van der Waals surface area contributed by atoms with Crippen molar-refractivity contribution in [3.8, 4) is 5.75 Å². The minimum Gasteiger partial charge on any atom is -0.482 e. The maximum atomic E-state index is 11.7. The van der Waals surface area contributed by atoms with Crippen LogP contribution in [0.4, 0.5) is 0 Å². The third-order valence-electron chi connectivity index (χ3n) is 3.39. The lowest BCUT2D eigenvalue weighted by Gasteiger charge is -2.04. The van der Waals surface area contributed by atoms with E-state index in [-0.39, 0.29) is 24.2 Å². The van der Waals surface area contributed by atoms with Crippen LogP contribution < -0.4 is 4.74 Å². The summed E-state index contributed by atoms with van der Waals surface area (Å²) in [5.41, 5.74) is 1.14. The predicted octanol–water partition coefficient (Wildman–Crippen LogP) is 2.51. The van der Waals surface area contributed by atoms with Gasteiger partial charge >= 0.3 is 0 Å². The van der Waals surface area contributed by atoms with Gasteiger partial charge in [0.05, 0.1) is 6.42 Å². The molecule has 1 aromatic heterocycles. The molecule has 1 unspecified atom stereocenters. The third kappa shape index (κ3) is 2.43. The quantitative estimate of drug-likeness (QED) is 0.855. The third-order valence-corrected chi connectivity index (χ3v) is 3.39. The van der Waals surface area contributed by atoms with E-state index < -0.39 is 0 Å². The molecule has 0 saturated heterocycles. The van der Waals surface area contributed by atoms with E-state index in [1.54, 1.807) is 0 Å². The minimum absolute atomic E-state index is 0.0302. The van der Waals surface area contributed by atoms with Gasteiger partial charge in [-0.2, -0.15) is 4.98 Å². The number of rotatable bonds is 4. The van der Waals surface area contributed by atoms with Crippen LogP contribution in [0.1, 0.15) is 37.2 Å². The van der Waals surface area contributed by atoms with Gasteiger partial charge in [0, 0.05) is 12.3 Å². The predicted molar refractivity (Wildman–Crippen MR) is 71.4 cm³/mol. The molecule has 5 heteroatoms. The number of hydrogen-bond donors (Lipinski definition) is 0. The zero-order valence-electron chi connectivity index (χ0n) is 11.5. The molecule has 0 radical (unpaired) electrons. The molecular weight excluding hydrogens is 256 g/mol. The van der Waals surface area contributed by atoms with Crippen LogP contribution >= 0.6 is 0 Å². The molecule has 1 aromatic carbocycles. The van der Waals surface area contributed by atoms with Gasteiger partial charge in [-0.25, -0.2) is 0 Å². The highest BCUT2D eigenvalue weighted by atomic mass is 16.5. The molecule has 0 N–H and O–H groups in total. The van der Waals surface area contributed by atoms with Crippen LogP contribution in [-0.4, -0.2) is 15.9 Å². The first-order chi connectivity index (χ1) is 9.63. The number of ketones is 1. The summed E-state index contributed by atoms with van der Waals surface area (Å²) in [7, 11) is 0. The van der Waals surface area contributed by atoms with Gasteiger partial charge in [-0.1, -0.05) is 37.2 Å². The zero-order chi connectivity index (χ0) is 14.1. The molecule has 2 aromatic rings. The average Bonchev–Trinajstić information content (AvgIpc) is 3.03. The standard InChI is InChI=1S/C15H16N2O3/c1-9(2)11(18)8-14-16-15(17-20-14)13-7-10-5-3-4-6-12(10)19-13/h3-6,9,13H,7-8H2,1-2H3. The van der Waals surface area contributed by atoms with Crippen LogP contribution in [0.3, 0.4) is 0 Å². The second-order valence-corrected chi connectivity index (χ2v) is 5.26. The lowest BCUT2D eigenvalue weighted by atomic mass is 10.1. The highest BCUT2D eigenvalue weighted by Crippen LogP contribution is 2.35. The fraction of sp³-hybridized carbons (Fsp3) is 0.400. The maximum Gasteiger partial charge on any atom is 0.234 e. The van der Waals surface area contributed by atoms with Gasteiger partial charge in [-0.05, 0) is 11.6 Å². The van der Waals surface area contributed by atoms with Crippen molar-refractivity contribution in [1.82, 2.24) is 10.1 Å². The van der Waals surface area contributed by atoms with Crippen LogP contribution in [0.5, 0.6) is 5.75 Å². The monoisotopic (exact) mass is 272 g/mol. The molecular formula is C15H16N2O3. The van der Waals surface area contributed by atoms with Crippen molar-refractivity contribution in [2.24, 2.45) is 5.92 Å². The molecule has 0 aliphatic carbocycles. The van der Waals surface area contributed by atoms with Crippen molar-refractivity contribution in [2.75, 3.05) is 0 Å². The number of fused-ring (bicyclic) bond motifs is 1. The van der Waals surface area contributed by atoms with E-state index in [9.17, 15) is 4.79 Å². The highest BCUT2D eigenvalue weighted by Gasteiger charge is 2.28. The van der Waals surface area contributed by atoms with Gasteiger partial charge in [-0.3, -0.25) is 4.79 Å². The Hall–Kier alpha value is -2.17. The Morgan fingerprint density at radius 3 is 2.95 bits per heavy atom. The summed E-state index contributed by atoms with van der Waals surface area (Å²) in [6.45, 7) is 3.71. The van der Waals surface area contributed by atoms with Gasteiger partial charge in [0.25, 0.3) is 0 Å². The van der Waals surface area contributed by atoms with Crippen molar-refractivity contribution in [3.63, 3.8) is 0 Å². The molecule has 1 aliphatic rings. The van der Waals surface area contributed by atoms with Crippen LogP contribution in [-0.2, 0) is 17.6 Å². The van der Waals surface area contributed by atoms with Gasteiger partial charge in [0.1, 0.15) is 11.5 Å². The molecule has 5 nitrogen and oxygen atoms in total. The second-order valence-electron chi connectivity index (χ2n) is 5.26. The molecule has 0 bridgehead atoms. The van der Waals surface area contributed by atoms with Crippen molar-refractivity contribution in [2.45, 2.75) is 32.8 Å². The first kappa shape index (κ1) is 12.8. The second kappa shape index (κ2) is 5.07. The summed E-state index contributed by atoms with van der Waals surface area (Å²) < 4.78 is 10.9. The van der Waals surface area contributed by atoms with Gasteiger partial charge < -0.3 is 9.26 Å². The first-order valence-corrected chi connectivity index (χ1v) is 6.73. The number of hydrogen-bond acceptors (Lipinski definition) is 5. The van der Waals surface area contributed by atoms with Crippen LogP contribution in [0.15, 0.2) is 28.8 Å². The van der Waals surface area contributed by atoms with E-state index in [1.165, 1.54) is 0 Å². The number of aromatic nitrogens is 2. The summed E-state index contributed by atoms with van der Waals surface area (Å²) >= 11 is 0. The Kier molecular flexibility index (Phi) is 3.26. The van der Waals surface area contributed by atoms with Crippen molar-refractivity contribution in [1.29, 1.82) is 0 Å². The molecule has 1 aliphatic heterocycles. The van der Waals surface area contributed by atoms with Crippen LogP contribution in [0.25, 0.3) is 0 Å². The summed E-state index contributed by atoms with van der Waals surface area (Å²) in [6.07, 6.45) is 0.691. The number of carbonyl (C=O) groups is 1. The normalized spacial score (nSPS) is 17.1. The number of ether oxygens (including phenoxy) is 1. The van der Waals surface area contributed by atoms with E-state index in [2.05, 4.69) is 10.1 Å². The topological polar surface area (TPSA) is 65.2 Å². The number of benzene rings is 1. The Bertz CT molecular complexity index is 609. The number of Topliss-reactive ketones (excluding diaryl/α,β-unsaturated/α-hetero) is 1. The highest BCUT2D eigenvalue weighted by molar-refractivity contribution is 5.81. The molecule has 2 heterocycles. The molecule has 104 valence electrons. The SMILES string of the molecule is CC(C)C(=O)Cc1nc(C2Cc3ccccc3O2)no1. The van der Waals surface area contributed by atoms with Crippen molar-refractivity contribution in [3.05, 3.63) is 41.5 Å². The summed E-state index contributed by atoms with van der Waals surface area (Å²) in [4.78, 5) is 15.9. The van der Waals surface area contributed by atoms with E-state index in [4.69, 9.17) is 9.26 Å². The summed E-state index contributed by atoms with van der Waals surface area (Å²) in [6, 6.07) is 7.87. The molecule has 1 atom stereocenters. The number of para-hydroxylation sites is 1. The smallest absolute Gasteiger partial charge is 0.234 e. The molecule has 0 saturated carbocycles. The Morgan fingerprint density at radius 1 is 1.40 bits per heavy atom. The van der Waals surface area contributed by atoms with Crippen LogP contribution in [0.2, 0.25) is 0 Å². The summed E-state index contributed by atoms with van der Waals surface area (Å²) in [5, 5.41) is 3.93. The van der Waals surface area contributed by atoms with E-state index in [0.717, 1.165) is 17.7 Å². The van der Waals surface area contributed by atoms with Crippen LogP contribution in [0, 0.1) is 5.92 Å². The Labute approximate surface area is 116 Å². The Morgan fingerprint density at radius 2 is 2.20 bits per heavy atom. The lowest BCUT2D eigenvalue weighted by molar-refractivity contribution is -0.121. The van der Waals surface area contributed by atoms with E-state index >= 15 is 0 Å². The molecule has 20 heavy (non-hydrogen) atoms. The fourth-order valence-corrected chi connectivity index (χ4v) is 2.15. The van der Waals surface area contributed by atoms with E-state index in [0.29, 0.717) is 11.7 Å². The lowest BCUT2D eigenvalue weighted by Crippen LogP contribution is -2.11. The average molecular weight is 272 g/mol. The molecule has 3 rings (SSSR count). The molecule has 0 amide bonds. The number of nitrogens with zero attached hydrogens (tertiary/aromatic N) is 2. The van der Waals surface area contributed by atoms with E-state index in [1.807, 2.05) is 38.1 Å². The zero-order valence-corrected chi connectivity index (χ0v) is 11.5. The molecule has 0 spiro atoms. The van der Waals surface area contributed by atoms with Crippen molar-refractivity contribution < 1.29 is 14.1 Å². The Balaban J connectivity index is 1.71.